The fourth-order valence-electron chi connectivity index (χ4n) is 1.68. The van der Waals surface area contributed by atoms with Crippen molar-refractivity contribution in [2.45, 2.75) is 32.9 Å². The first-order chi connectivity index (χ1) is 9.40. The number of halogens is 1. The number of nitrogens with one attached hydrogen (secondary N) is 1. The summed E-state index contributed by atoms with van der Waals surface area (Å²) in [6, 6.07) is 7.51. The highest BCUT2D eigenvalue weighted by atomic mass is 79.9. The number of rotatable bonds is 3. The molecule has 0 saturated carbocycles. The Morgan fingerprint density at radius 3 is 2.75 bits per heavy atom. The minimum absolute atomic E-state index is 0.0248. The van der Waals surface area contributed by atoms with E-state index in [1.165, 1.54) is 0 Å². The fourth-order valence-corrected chi connectivity index (χ4v) is 2.23. The third-order valence-corrected chi connectivity index (χ3v) is 3.36. The second-order valence-electron chi connectivity index (χ2n) is 5.52. The Hall–Kier alpha value is -1.71. The van der Waals surface area contributed by atoms with E-state index < -0.39 is 0 Å². The smallest absolute Gasteiger partial charge is 0.0992 e. The Morgan fingerprint density at radius 2 is 2.15 bits per heavy atom. The molecule has 2 rings (SSSR count). The molecular weight excluding hydrogens is 318 g/mol. The molecule has 5 nitrogen and oxygen atoms in total. The maximum Gasteiger partial charge on any atom is 0.0992 e. The second kappa shape index (κ2) is 5.73. The van der Waals surface area contributed by atoms with Gasteiger partial charge in [-0.3, -0.25) is 0 Å². The van der Waals surface area contributed by atoms with Gasteiger partial charge < -0.3 is 5.32 Å². The third kappa shape index (κ3) is 3.44. The number of benzene rings is 1. The van der Waals surface area contributed by atoms with E-state index in [9.17, 15) is 0 Å². The van der Waals surface area contributed by atoms with Crippen LogP contribution in [-0.4, -0.2) is 20.5 Å². The lowest BCUT2D eigenvalue weighted by Crippen LogP contribution is -2.35. The molecule has 0 aliphatic carbocycles. The van der Waals surface area contributed by atoms with Crippen LogP contribution in [0, 0.1) is 11.3 Å². The van der Waals surface area contributed by atoms with Gasteiger partial charge in [0.2, 0.25) is 0 Å². The highest BCUT2D eigenvalue weighted by Gasteiger charge is 2.13. The summed E-state index contributed by atoms with van der Waals surface area (Å²) in [7, 11) is 0. The highest BCUT2D eigenvalue weighted by molar-refractivity contribution is 9.10. The lowest BCUT2D eigenvalue weighted by molar-refractivity contribution is 0.418. The molecule has 0 saturated heterocycles. The molecule has 0 atom stereocenters. The average Bonchev–Trinajstić information content (AvgIpc) is 2.83. The maximum absolute atomic E-state index is 8.90. The van der Waals surface area contributed by atoms with Gasteiger partial charge in [-0.05, 0) is 54.9 Å². The second-order valence-corrected chi connectivity index (χ2v) is 6.37. The van der Waals surface area contributed by atoms with Crippen molar-refractivity contribution in [2.24, 2.45) is 0 Å². The lowest BCUT2D eigenvalue weighted by atomic mass is 10.1. The van der Waals surface area contributed by atoms with Crippen molar-refractivity contribution in [3.05, 3.63) is 40.1 Å². The van der Waals surface area contributed by atoms with E-state index in [-0.39, 0.29) is 5.54 Å². The molecule has 20 heavy (non-hydrogen) atoms. The summed E-state index contributed by atoms with van der Waals surface area (Å²) in [4.78, 5) is 0. The molecule has 1 aromatic heterocycles. The van der Waals surface area contributed by atoms with E-state index in [1.807, 2.05) is 6.07 Å². The van der Waals surface area contributed by atoms with Gasteiger partial charge in [0.1, 0.15) is 0 Å². The van der Waals surface area contributed by atoms with Crippen molar-refractivity contribution in [1.29, 1.82) is 5.26 Å². The van der Waals surface area contributed by atoms with Gasteiger partial charge in [-0.25, -0.2) is 4.68 Å². The van der Waals surface area contributed by atoms with E-state index in [0.29, 0.717) is 12.1 Å². The summed E-state index contributed by atoms with van der Waals surface area (Å²) in [6.45, 7) is 7.00. The van der Waals surface area contributed by atoms with Crippen LogP contribution >= 0.6 is 15.9 Å². The van der Waals surface area contributed by atoms with Crippen LogP contribution < -0.4 is 5.32 Å². The molecular formula is C14H16BrN5. The summed E-state index contributed by atoms with van der Waals surface area (Å²) in [5, 5.41) is 20.4. The van der Waals surface area contributed by atoms with E-state index in [2.05, 4.69) is 58.4 Å². The van der Waals surface area contributed by atoms with Gasteiger partial charge in [0.05, 0.1) is 29.2 Å². The molecule has 0 fully saturated rings. The quantitative estimate of drug-likeness (QED) is 0.937. The summed E-state index contributed by atoms with van der Waals surface area (Å²) in [6.07, 6.45) is 1.74. The van der Waals surface area contributed by atoms with Crippen LogP contribution in [-0.2, 0) is 6.54 Å². The molecule has 0 aliphatic rings. The van der Waals surface area contributed by atoms with E-state index in [0.717, 1.165) is 15.9 Å². The van der Waals surface area contributed by atoms with Gasteiger partial charge in [0, 0.05) is 16.6 Å². The third-order valence-electron chi connectivity index (χ3n) is 2.72. The fraction of sp³-hybridized carbons (Fsp3) is 0.357. The standard InChI is InChI=1S/C14H16BrN5/c1-14(2,3)17-8-11-9-18-19-20(11)13-5-4-10(7-16)6-12(13)15/h4-6,9,17H,8H2,1-3H3. The molecule has 1 heterocycles. The van der Waals surface area contributed by atoms with Gasteiger partial charge >= 0.3 is 0 Å². The number of aromatic nitrogens is 3. The summed E-state index contributed by atoms with van der Waals surface area (Å²) in [5.41, 5.74) is 2.46. The normalized spacial score (nSPS) is 11.3. The zero-order chi connectivity index (χ0) is 14.8. The zero-order valence-electron chi connectivity index (χ0n) is 11.7. The lowest BCUT2D eigenvalue weighted by Gasteiger charge is -2.20. The minimum Gasteiger partial charge on any atom is -0.306 e. The number of hydrogen-bond donors (Lipinski definition) is 1. The van der Waals surface area contributed by atoms with Gasteiger partial charge in [0.25, 0.3) is 0 Å². The number of hydrogen-bond acceptors (Lipinski definition) is 4. The van der Waals surface area contributed by atoms with E-state index in [4.69, 9.17) is 5.26 Å². The van der Waals surface area contributed by atoms with Crippen LogP contribution in [0.5, 0.6) is 0 Å². The molecule has 0 amide bonds. The predicted octanol–water partition coefficient (Wildman–Crippen LogP) is 2.79. The molecule has 104 valence electrons. The van der Waals surface area contributed by atoms with Gasteiger partial charge in [-0.2, -0.15) is 5.26 Å². The molecule has 6 heteroatoms. The largest absolute Gasteiger partial charge is 0.306 e. The average molecular weight is 334 g/mol. The first kappa shape index (κ1) is 14.7. The number of nitrogens with zero attached hydrogens (tertiary/aromatic N) is 4. The van der Waals surface area contributed by atoms with Gasteiger partial charge in [-0.15, -0.1) is 5.10 Å². The topological polar surface area (TPSA) is 66.5 Å². The Balaban J connectivity index is 2.31. The molecule has 0 spiro atoms. The summed E-state index contributed by atoms with van der Waals surface area (Å²) >= 11 is 3.47. The summed E-state index contributed by atoms with van der Waals surface area (Å²) < 4.78 is 2.59. The van der Waals surface area contributed by atoms with Gasteiger partial charge in [-0.1, -0.05) is 5.21 Å². The van der Waals surface area contributed by atoms with Crippen LogP contribution in [0.25, 0.3) is 5.69 Å². The molecule has 0 aliphatic heterocycles. The monoisotopic (exact) mass is 333 g/mol. The van der Waals surface area contributed by atoms with Crippen molar-refractivity contribution >= 4 is 15.9 Å². The molecule has 2 aromatic rings. The summed E-state index contributed by atoms with van der Waals surface area (Å²) in [5.74, 6) is 0. The predicted molar refractivity (Wildman–Crippen MR) is 80.4 cm³/mol. The molecule has 1 aromatic carbocycles. The van der Waals surface area contributed by atoms with Crippen molar-refractivity contribution in [3.63, 3.8) is 0 Å². The van der Waals surface area contributed by atoms with Crippen molar-refractivity contribution in [2.75, 3.05) is 0 Å². The van der Waals surface area contributed by atoms with Crippen LogP contribution in [0.15, 0.2) is 28.9 Å². The molecule has 0 radical (unpaired) electrons. The molecule has 0 bridgehead atoms. The number of nitriles is 1. The zero-order valence-corrected chi connectivity index (χ0v) is 13.3. The highest BCUT2D eigenvalue weighted by Crippen LogP contribution is 2.22. The molecule has 0 unspecified atom stereocenters. The van der Waals surface area contributed by atoms with Crippen molar-refractivity contribution < 1.29 is 0 Å². The van der Waals surface area contributed by atoms with E-state index >= 15 is 0 Å². The first-order valence-electron chi connectivity index (χ1n) is 6.25. The van der Waals surface area contributed by atoms with Gasteiger partial charge in [0.15, 0.2) is 0 Å². The maximum atomic E-state index is 8.90. The van der Waals surface area contributed by atoms with Crippen LogP contribution in [0.3, 0.4) is 0 Å². The van der Waals surface area contributed by atoms with Crippen LogP contribution in [0.4, 0.5) is 0 Å². The Bertz CT molecular complexity index is 648. The van der Waals surface area contributed by atoms with E-state index in [1.54, 1.807) is 23.0 Å². The first-order valence-corrected chi connectivity index (χ1v) is 7.04. The van der Waals surface area contributed by atoms with Crippen molar-refractivity contribution in [3.8, 4) is 11.8 Å². The van der Waals surface area contributed by atoms with Crippen molar-refractivity contribution in [1.82, 2.24) is 20.3 Å². The van der Waals surface area contributed by atoms with Crippen LogP contribution in [0.1, 0.15) is 32.0 Å². The Labute approximate surface area is 126 Å². The Morgan fingerprint density at radius 1 is 1.40 bits per heavy atom. The Kier molecular flexibility index (Phi) is 4.21. The minimum atomic E-state index is 0.0248. The molecule has 1 N–H and O–H groups in total. The van der Waals surface area contributed by atoms with Crippen LogP contribution in [0.2, 0.25) is 0 Å². The SMILES string of the molecule is CC(C)(C)NCc1cnnn1-c1ccc(C#N)cc1Br.